The van der Waals surface area contributed by atoms with Gasteiger partial charge in [-0.1, -0.05) is 105 Å². The van der Waals surface area contributed by atoms with Gasteiger partial charge >= 0.3 is 24.1 Å². The van der Waals surface area contributed by atoms with Gasteiger partial charge in [-0.3, -0.25) is 38.8 Å². The van der Waals surface area contributed by atoms with Crippen molar-refractivity contribution >= 4 is 41.7 Å². The standard InChI is InChI=1S/C29H43N3O4.C28H40N4O3.C24H38N4O/c1-27(2,18-24(33)12-13-25(34)35)20-31-21-28(32(26(31)36)19-22-10-11-22)14-16-29(17-15-28,30(3)4)23-8-6-5-7-9-23;1-26(2,32-23(33)12-13-24(32)34)19-30-20-27(31(25(30)35)18-21-10-11-21)14-16-28(17-15-27,29(3)4)22-8-6-5-7-9-22;1-22(2,25)17-27-18-23(28(21(27)29)16-19-10-11-19)12-14-24(15-13-23,26(3)4)20-8-6-5-7-9-20/h5-9,22H,10-21H2,1-4H3,(H,34,35);5-9,21H,10-20H2,1-4H3;5-9,19H,10-18,25H2,1-4H3. The van der Waals surface area contributed by atoms with Crippen molar-refractivity contribution in [3.05, 3.63) is 108 Å². The van der Waals surface area contributed by atoms with Crippen LogP contribution in [-0.2, 0) is 35.8 Å². The van der Waals surface area contributed by atoms with Gasteiger partial charge in [-0.2, -0.15) is 0 Å². The Labute approximate surface area is 597 Å². The van der Waals surface area contributed by atoms with Gasteiger partial charge in [-0.05, 0) is 225 Å². The van der Waals surface area contributed by atoms with Crippen LogP contribution >= 0.6 is 0 Å². The minimum absolute atomic E-state index is 0.0238. The summed E-state index contributed by atoms with van der Waals surface area (Å²) in [6, 6.07) is 32.9. The van der Waals surface area contributed by atoms with Gasteiger partial charge in [-0.25, -0.2) is 14.4 Å². The maximum atomic E-state index is 13.8. The molecule has 3 aromatic carbocycles. The van der Waals surface area contributed by atoms with Gasteiger partial charge in [0.2, 0.25) is 11.8 Å². The van der Waals surface area contributed by atoms with Crippen LogP contribution in [0, 0.1) is 23.2 Å². The molecule has 10 fully saturated rings. The molecule has 10 aliphatic rings. The largest absolute Gasteiger partial charge is 0.481 e. The van der Waals surface area contributed by atoms with Crippen LogP contribution in [0.3, 0.4) is 0 Å². The summed E-state index contributed by atoms with van der Waals surface area (Å²) in [6.45, 7) is 18.3. The van der Waals surface area contributed by atoms with E-state index in [4.69, 9.17) is 10.8 Å². The number of nitrogens with two attached hydrogens (primary N) is 1. The number of aliphatic carboxylic acids is 1. The number of imide groups is 1. The topological polar surface area (TPSA) is 198 Å². The monoisotopic (exact) mass is 1380 g/mol. The summed E-state index contributed by atoms with van der Waals surface area (Å²) >= 11 is 0. The Hall–Kier alpha value is -6.41. The zero-order chi connectivity index (χ0) is 72.0. The van der Waals surface area contributed by atoms with E-state index in [1.807, 2.05) is 56.2 Å². The molecular formula is C81H121N11O8. The third-order valence-electron chi connectivity index (χ3n) is 25.4. The second kappa shape index (κ2) is 29.0. The van der Waals surface area contributed by atoms with Crippen LogP contribution in [0.4, 0.5) is 14.4 Å². The quantitative estimate of drug-likeness (QED) is 0.0806. The first-order valence-corrected chi connectivity index (χ1v) is 38.0. The fourth-order valence-electron chi connectivity index (χ4n) is 19.1. The van der Waals surface area contributed by atoms with Gasteiger partial charge < -0.3 is 40.2 Å². The Balaban J connectivity index is 0.000000152. The SMILES string of the molecule is CN(C)C1(c2ccccc2)CCC2(CC1)CN(CC(C)(C)CC(=O)CCC(=O)O)C(=O)N2CC1CC1.CN(C)C1(c2ccccc2)CCC2(CC1)CN(CC(C)(C)N)C(=O)N2CC1CC1.CN(C)C1(c2ccccc2)CCC2(CC1)CN(CC(C)(C)N1C(=O)CCC1=O)C(=O)N2CC1CC1. The van der Waals surface area contributed by atoms with Crippen molar-refractivity contribution in [3.8, 4) is 0 Å². The van der Waals surface area contributed by atoms with Crippen LogP contribution in [0.5, 0.6) is 0 Å². The summed E-state index contributed by atoms with van der Waals surface area (Å²) in [5.41, 5.74) is 8.58. The highest BCUT2D eigenvalue weighted by molar-refractivity contribution is 6.02. The molecule has 0 bridgehead atoms. The molecule has 19 nitrogen and oxygen atoms in total. The van der Waals surface area contributed by atoms with Gasteiger partial charge in [0.15, 0.2) is 0 Å². The Morgan fingerprint density at radius 2 is 0.750 bits per heavy atom. The molecule has 13 rings (SSSR count). The summed E-state index contributed by atoms with van der Waals surface area (Å²) in [5.74, 6) is 0.701. The number of carboxylic acid groups (broad SMARTS) is 1. The van der Waals surface area contributed by atoms with Crippen molar-refractivity contribution in [1.82, 2.24) is 49.0 Å². The van der Waals surface area contributed by atoms with Gasteiger partial charge in [0.25, 0.3) is 0 Å². The highest BCUT2D eigenvalue weighted by Gasteiger charge is 2.60. The minimum atomic E-state index is -0.949. The number of hydrogen-bond acceptors (Lipinski definition) is 11. The van der Waals surface area contributed by atoms with E-state index in [2.05, 4.69) is 163 Å². The molecule has 4 saturated heterocycles. The average molecular weight is 1380 g/mol. The number of nitrogens with zero attached hydrogens (tertiary/aromatic N) is 10. The molecule has 0 radical (unpaired) electrons. The van der Waals surface area contributed by atoms with Crippen molar-refractivity contribution in [2.45, 2.75) is 234 Å². The molecule has 19 heteroatoms. The normalized spacial score (nSPS) is 29.0. The van der Waals surface area contributed by atoms with Crippen LogP contribution in [0.2, 0.25) is 0 Å². The molecule has 3 spiro atoms. The first-order chi connectivity index (χ1) is 47.2. The van der Waals surface area contributed by atoms with E-state index in [-0.39, 0.29) is 107 Å². The van der Waals surface area contributed by atoms with E-state index >= 15 is 0 Å². The van der Waals surface area contributed by atoms with Gasteiger partial charge in [0.05, 0.1) is 28.6 Å². The molecule has 0 unspecified atom stereocenters. The average Bonchev–Trinajstić information content (AvgIpc) is 1.69. The molecule has 0 aromatic heterocycles. The maximum Gasteiger partial charge on any atom is 0.320 e. The van der Waals surface area contributed by atoms with Crippen LogP contribution in [0.15, 0.2) is 91.0 Å². The molecule has 0 atom stereocenters. The number of urea groups is 3. The predicted molar refractivity (Wildman–Crippen MR) is 392 cm³/mol. The number of rotatable bonds is 24. The lowest BCUT2D eigenvalue weighted by atomic mass is 9.68. The summed E-state index contributed by atoms with van der Waals surface area (Å²) in [5, 5.41) is 8.90. The van der Waals surface area contributed by atoms with Gasteiger partial charge in [-0.15, -0.1) is 0 Å². The first-order valence-electron chi connectivity index (χ1n) is 38.0. The number of carbonyl (C=O) groups excluding carboxylic acids is 6. The van der Waals surface area contributed by atoms with Gasteiger partial charge in [0, 0.05) is 107 Å². The highest BCUT2D eigenvalue weighted by atomic mass is 16.4. The maximum absolute atomic E-state index is 13.8. The summed E-state index contributed by atoms with van der Waals surface area (Å²) in [6.07, 6.45) is 20.2. The number of carbonyl (C=O) groups is 7. The molecule has 4 heterocycles. The molecule has 6 aliphatic carbocycles. The smallest absolute Gasteiger partial charge is 0.320 e. The van der Waals surface area contributed by atoms with E-state index in [0.29, 0.717) is 50.5 Å². The van der Waals surface area contributed by atoms with E-state index in [0.717, 1.165) is 103 Å². The van der Waals surface area contributed by atoms with Crippen LogP contribution in [0.25, 0.3) is 0 Å². The number of ketones is 1. The minimum Gasteiger partial charge on any atom is -0.481 e. The van der Waals surface area contributed by atoms with Crippen molar-refractivity contribution in [3.63, 3.8) is 0 Å². The lowest BCUT2D eigenvalue weighted by molar-refractivity contribution is -0.145. The Bertz CT molecular complexity index is 3370. The second-order valence-electron chi connectivity index (χ2n) is 35.3. The zero-order valence-electron chi connectivity index (χ0n) is 62.9. The fourth-order valence-corrected chi connectivity index (χ4v) is 19.1. The van der Waals surface area contributed by atoms with Gasteiger partial charge in [0.1, 0.15) is 5.78 Å². The summed E-state index contributed by atoms with van der Waals surface area (Å²) < 4.78 is 0. The molecule has 6 saturated carbocycles. The van der Waals surface area contributed by atoms with Crippen molar-refractivity contribution in [2.75, 3.05) is 101 Å². The Morgan fingerprint density at radius 1 is 0.450 bits per heavy atom. The third-order valence-corrected chi connectivity index (χ3v) is 25.4. The van der Waals surface area contributed by atoms with Crippen LogP contribution in [-0.4, -0.2) is 225 Å². The fraction of sp³-hybridized carbons (Fsp3) is 0.691. The molecular weight excluding hydrogens is 1250 g/mol. The molecule has 3 N–H and O–H groups in total. The molecule has 3 aromatic rings. The molecule has 548 valence electrons. The van der Waals surface area contributed by atoms with E-state index in [1.165, 1.54) is 60.1 Å². The number of carboxylic acids is 1. The van der Waals surface area contributed by atoms with Crippen molar-refractivity contribution < 1.29 is 38.7 Å². The number of Topliss-reactive ketones (excluding diaryl/α,β-unsaturated/α-hetero) is 1. The van der Waals surface area contributed by atoms with E-state index < -0.39 is 16.9 Å². The number of amides is 8. The lowest BCUT2D eigenvalue weighted by Crippen LogP contribution is -2.56. The predicted octanol–water partition coefficient (Wildman–Crippen LogP) is 12.2. The van der Waals surface area contributed by atoms with E-state index in [9.17, 15) is 33.6 Å². The highest BCUT2D eigenvalue weighted by Crippen LogP contribution is 2.54. The molecule has 4 aliphatic heterocycles. The molecule has 100 heavy (non-hydrogen) atoms. The third kappa shape index (κ3) is 15.9. The Morgan fingerprint density at radius 3 is 1.03 bits per heavy atom. The number of benzene rings is 3. The molecule has 8 amide bonds. The second-order valence-corrected chi connectivity index (χ2v) is 35.3. The number of likely N-dealkylation sites (tertiary alicyclic amines) is 1. The van der Waals surface area contributed by atoms with E-state index in [1.54, 1.807) is 0 Å². The van der Waals surface area contributed by atoms with Crippen LogP contribution < -0.4 is 5.73 Å². The number of hydrogen-bond donors (Lipinski definition) is 2. The Kier molecular flexibility index (Phi) is 21.7. The van der Waals surface area contributed by atoms with Crippen molar-refractivity contribution in [1.29, 1.82) is 0 Å². The zero-order valence-corrected chi connectivity index (χ0v) is 62.9. The lowest BCUT2D eigenvalue weighted by Gasteiger charge is -2.51. The summed E-state index contributed by atoms with van der Waals surface area (Å²) in [4.78, 5) is 110. The summed E-state index contributed by atoms with van der Waals surface area (Å²) in [7, 11) is 13.1. The first kappa shape index (κ1) is 74.8. The van der Waals surface area contributed by atoms with Crippen molar-refractivity contribution in [2.24, 2.45) is 28.9 Å². The van der Waals surface area contributed by atoms with Crippen LogP contribution in [0.1, 0.15) is 206 Å².